The SMILES string of the molecule is CC.CN[C@H](CCCNC(=N)N)C(=O)C(=O)[C@H](CCSC)NC(=O)C(CC(N)=O)NC(=O)[C@H](CCCNC(=N)N)NC(=O)C(CCC(N)=O)NC(=O)[C@H](Cc1c[nH]c2ccccc12)NC(=O)C(CCC(N)=O)NC(=O)[C@H](Cc1ccccc1)NC(=O)C(CS)NC(=O)[C@H](CCCCN)NC(=O)[C@@H](NC(=O)[C@H](C)NC(=O)C(CCC(=O)O)NC(C)=O)[C@@H](C)O. The average molecular weight is 1770 g/mol. The molecule has 123 heavy (non-hydrogen) atoms. The molecule has 682 valence electrons. The number of guanidine groups is 2. The van der Waals surface area contributed by atoms with Gasteiger partial charge in [0.2, 0.25) is 100 Å². The summed E-state index contributed by atoms with van der Waals surface area (Å²) in [7, 11) is 1.44. The van der Waals surface area contributed by atoms with Crippen LogP contribution in [0.3, 0.4) is 0 Å². The molecule has 32 N–H and O–H groups in total. The summed E-state index contributed by atoms with van der Waals surface area (Å²) in [6.07, 6.45) is -3.04. The number of fused-ring (bicyclic) bond motifs is 1. The maximum absolute atomic E-state index is 15.2. The highest BCUT2D eigenvalue weighted by atomic mass is 32.2. The van der Waals surface area contributed by atoms with Crippen molar-refractivity contribution in [1.29, 1.82) is 10.8 Å². The van der Waals surface area contributed by atoms with Crippen molar-refractivity contribution in [2.45, 2.75) is 228 Å². The number of Topliss-reactive ketones (excluding diaryl/α,β-unsaturated/α-hetero) is 2. The lowest BCUT2D eigenvalue weighted by molar-refractivity contribution is -0.140. The number of amides is 15. The van der Waals surface area contributed by atoms with E-state index >= 15 is 9.59 Å². The third-order valence-corrected chi connectivity index (χ3v) is 19.6. The molecule has 2 aromatic carbocycles. The third kappa shape index (κ3) is 40.5. The Hall–Kier alpha value is -12.0. The van der Waals surface area contributed by atoms with Gasteiger partial charge in [-0.2, -0.15) is 24.4 Å². The van der Waals surface area contributed by atoms with Crippen molar-refractivity contribution >= 4 is 153 Å². The normalized spacial score (nSPS) is 14.3. The molecule has 0 aliphatic carbocycles. The number of carboxylic acids is 1. The van der Waals surface area contributed by atoms with Gasteiger partial charge in [0.25, 0.3) is 0 Å². The molecule has 1 aromatic heterocycles. The van der Waals surface area contributed by atoms with Crippen LogP contribution < -0.4 is 114 Å². The first kappa shape index (κ1) is 107. The van der Waals surface area contributed by atoms with Crippen LogP contribution in [-0.2, 0) is 99.1 Å². The van der Waals surface area contributed by atoms with Crippen LogP contribution in [0, 0.1) is 10.8 Å². The Kier molecular flexibility index (Phi) is 49.8. The van der Waals surface area contributed by atoms with Crippen LogP contribution in [0.4, 0.5) is 0 Å². The number of thioether (sulfide) groups is 1. The topological polar surface area (TPSA) is 748 Å². The predicted octanol–water partition coefficient (Wildman–Crippen LogP) is -6.45. The van der Waals surface area contributed by atoms with E-state index in [1.54, 1.807) is 60.9 Å². The van der Waals surface area contributed by atoms with Crippen LogP contribution in [0.25, 0.3) is 10.9 Å². The van der Waals surface area contributed by atoms with Gasteiger partial charge in [-0.1, -0.05) is 62.4 Å². The Bertz CT molecular complexity index is 4100. The van der Waals surface area contributed by atoms with Crippen LogP contribution in [-0.4, -0.2) is 262 Å². The Morgan fingerprint density at radius 3 is 1.36 bits per heavy atom. The number of hydrogen-bond acceptors (Lipinski definition) is 25. The maximum atomic E-state index is 15.2. The number of rotatable bonds is 59. The molecule has 15 amide bonds. The number of carbonyl (C=O) groups is 18. The number of aliphatic carboxylic acids is 1. The molecule has 46 heteroatoms. The number of thiol groups is 1. The number of para-hydroxylation sites is 1. The molecule has 0 radical (unpaired) electrons. The van der Waals surface area contributed by atoms with Gasteiger partial charge in [0, 0.05) is 75.0 Å². The number of benzene rings is 2. The third-order valence-electron chi connectivity index (χ3n) is 18.6. The number of aliphatic hydroxyl groups excluding tert-OH is 1. The van der Waals surface area contributed by atoms with Gasteiger partial charge in [0.05, 0.1) is 24.6 Å². The lowest BCUT2D eigenvalue weighted by Crippen LogP contribution is -2.62. The molecule has 0 saturated carbocycles. The Labute approximate surface area is 721 Å². The summed E-state index contributed by atoms with van der Waals surface area (Å²) in [5.74, 6) is -20.1. The number of aromatic nitrogens is 1. The summed E-state index contributed by atoms with van der Waals surface area (Å²) in [5, 5.41) is 72.9. The van der Waals surface area contributed by atoms with Crippen LogP contribution in [0.1, 0.15) is 142 Å². The van der Waals surface area contributed by atoms with Crippen LogP contribution in [0.2, 0.25) is 0 Å². The van der Waals surface area contributed by atoms with Gasteiger partial charge in [-0.3, -0.25) is 97.1 Å². The molecule has 3 rings (SSSR count). The quantitative estimate of drug-likeness (QED) is 0.00821. The zero-order valence-electron chi connectivity index (χ0n) is 70.0. The second-order valence-electron chi connectivity index (χ2n) is 28.4. The number of hydrogen-bond donors (Lipinski definition) is 27. The van der Waals surface area contributed by atoms with Crippen molar-refractivity contribution in [3.63, 3.8) is 0 Å². The summed E-state index contributed by atoms with van der Waals surface area (Å²) >= 11 is 5.59. The molecular weight excluding hydrogens is 1650 g/mol. The maximum Gasteiger partial charge on any atom is 0.303 e. The van der Waals surface area contributed by atoms with Gasteiger partial charge < -0.3 is 129 Å². The monoisotopic (exact) mass is 1770 g/mol. The van der Waals surface area contributed by atoms with E-state index in [1.165, 1.54) is 31.9 Å². The standard InChI is InChI=1S/C75H116N24O20S2.C2H6/c1-38(88-64(110)49(89-40(3)101)24-27-59(105)106)63(109)99-60(39(2)100)73(119)94-47(19-11-12-29-76)66(112)98-55(37-120)72(118)95-52(33-41-15-7-6-8-16-41)69(115)92-51(23-26-57(78)103)68(114)96-53(34-42-36-87-44-18-10-9-17-43(42)44)70(116)93-50(22-25-56(77)102)67(113)91-48(21-14-31-86-75(82)83)65(111)97-54(35-58(79)104)71(117)90-46(28-32-121-5)62(108)61(107)45(84-4)20-13-30-85-74(80)81;1-2/h6-10,15-18,36,38-39,45-55,60,84,87,100,120H,11-14,19-35,37,76H2,1-5H3,(H2,77,102)(H2,78,103)(H2,79,104)(H,88,110)(H,89,101)(H,90,117)(H,91,113)(H,92,115)(H,93,116)(H,94,119)(H,95,118)(H,96,114)(H,97,111)(H,98,112)(H,99,109)(H,105,106)(H4,80,81,85)(H4,82,83,86);1-2H3/t38-,39+,45+,46-,47-,48-,49?,50?,51?,52-,53-,54?,55?,60-;/m0./s1. The van der Waals surface area contributed by atoms with E-state index in [2.05, 4.69) is 97.4 Å². The summed E-state index contributed by atoms with van der Waals surface area (Å²) in [4.78, 5) is 250. The fourth-order valence-electron chi connectivity index (χ4n) is 12.1. The van der Waals surface area contributed by atoms with Gasteiger partial charge in [-0.05, 0) is 127 Å². The van der Waals surface area contributed by atoms with E-state index in [0.29, 0.717) is 28.5 Å². The van der Waals surface area contributed by atoms with E-state index in [4.69, 9.17) is 50.3 Å². The number of carbonyl (C=O) groups excluding carboxylic acids is 17. The number of carboxylic acid groups (broad SMARTS) is 1. The fraction of sp³-hybridized carbons (Fsp3) is 0.558. The summed E-state index contributed by atoms with van der Waals surface area (Å²) in [6.45, 7) is 7.65. The van der Waals surface area contributed by atoms with Crippen LogP contribution in [0.15, 0.2) is 60.8 Å². The van der Waals surface area contributed by atoms with Gasteiger partial charge in [-0.25, -0.2) is 0 Å². The molecular formula is C77H122N24O20S2. The summed E-state index contributed by atoms with van der Waals surface area (Å²) < 4.78 is 0. The molecule has 3 aromatic rings. The van der Waals surface area contributed by atoms with E-state index in [1.807, 2.05) is 13.8 Å². The molecule has 0 bridgehead atoms. The molecule has 0 aliphatic rings. The molecule has 0 saturated heterocycles. The minimum absolute atomic E-state index is 0.0610. The Morgan fingerprint density at radius 1 is 0.463 bits per heavy atom. The molecule has 1 heterocycles. The number of aromatic amines is 1. The number of H-pyrrole nitrogens is 1. The highest BCUT2D eigenvalue weighted by Crippen LogP contribution is 2.21. The van der Waals surface area contributed by atoms with Gasteiger partial charge in [0.1, 0.15) is 66.5 Å². The fourth-order valence-corrected chi connectivity index (χ4v) is 12.9. The van der Waals surface area contributed by atoms with Gasteiger partial charge in [-0.15, -0.1) is 0 Å². The van der Waals surface area contributed by atoms with Crippen LogP contribution in [0.5, 0.6) is 0 Å². The number of aliphatic hydroxyl groups is 1. The number of unbranched alkanes of at least 4 members (excludes halogenated alkanes) is 1. The highest BCUT2D eigenvalue weighted by molar-refractivity contribution is 7.98. The smallest absolute Gasteiger partial charge is 0.303 e. The molecule has 0 spiro atoms. The van der Waals surface area contributed by atoms with E-state index in [0.717, 1.165) is 13.8 Å². The minimum atomic E-state index is -1.87. The zero-order chi connectivity index (χ0) is 92.6. The average Bonchev–Trinajstić information content (AvgIpc) is 1.71. The summed E-state index contributed by atoms with van der Waals surface area (Å²) in [6, 6.07) is -6.18. The van der Waals surface area contributed by atoms with Gasteiger partial charge in [0.15, 0.2) is 11.9 Å². The molecule has 5 unspecified atom stereocenters. The van der Waals surface area contributed by atoms with E-state index in [-0.39, 0.29) is 89.1 Å². The molecule has 44 nitrogen and oxygen atoms in total. The van der Waals surface area contributed by atoms with Crippen molar-refractivity contribution in [1.82, 2.24) is 84.7 Å². The number of likely N-dealkylation sites (N-methyl/N-ethyl adjacent to an activating group) is 1. The number of primary amides is 3. The highest BCUT2D eigenvalue weighted by Gasteiger charge is 2.40. The Balaban J connectivity index is 0.0000254. The lowest BCUT2D eigenvalue weighted by atomic mass is 9.97. The van der Waals surface area contributed by atoms with E-state index in [9.17, 15) is 81.8 Å². The molecule has 0 aliphatic heterocycles. The summed E-state index contributed by atoms with van der Waals surface area (Å²) in [5.41, 5.74) is 34.8. The van der Waals surface area contributed by atoms with E-state index < -0.39 is 247 Å². The lowest BCUT2D eigenvalue weighted by Gasteiger charge is -2.28. The number of nitrogens with two attached hydrogens (primary N) is 6. The van der Waals surface area contributed by atoms with Crippen molar-refractivity contribution < 1.29 is 96.5 Å². The largest absolute Gasteiger partial charge is 0.481 e. The second-order valence-corrected chi connectivity index (χ2v) is 29.8. The van der Waals surface area contributed by atoms with Crippen molar-refractivity contribution in [2.24, 2.45) is 34.4 Å². The second kappa shape index (κ2) is 57.3. The zero-order valence-corrected chi connectivity index (χ0v) is 71.7. The molecule has 14 atom stereocenters. The predicted molar refractivity (Wildman–Crippen MR) is 458 cm³/mol. The van der Waals surface area contributed by atoms with Crippen molar-refractivity contribution in [3.05, 3.63) is 71.9 Å². The first-order valence-corrected chi connectivity index (χ1v) is 41.9. The first-order valence-electron chi connectivity index (χ1n) is 39.9. The molecule has 0 fully saturated rings. The Morgan fingerprint density at radius 2 is 0.878 bits per heavy atom. The minimum Gasteiger partial charge on any atom is -0.481 e. The van der Waals surface area contributed by atoms with Crippen molar-refractivity contribution in [2.75, 3.05) is 44.4 Å². The number of ketones is 2. The number of nitrogens with one attached hydrogen (secondary N) is 18. The van der Waals surface area contributed by atoms with Gasteiger partial charge >= 0.3 is 5.97 Å². The van der Waals surface area contributed by atoms with Crippen molar-refractivity contribution in [3.8, 4) is 0 Å². The first-order chi connectivity index (χ1) is 58.2. The van der Waals surface area contributed by atoms with Crippen LogP contribution >= 0.6 is 24.4 Å².